The van der Waals surface area contributed by atoms with Gasteiger partial charge in [-0.15, -0.1) is 0 Å². The molecule has 0 aliphatic carbocycles. The number of hydrogen-bond acceptors (Lipinski definition) is 3. The molecule has 2 saturated heterocycles. The molecule has 4 rings (SSSR count). The molecule has 0 spiro atoms. The van der Waals surface area contributed by atoms with Crippen molar-refractivity contribution < 1.29 is 14.0 Å². The Morgan fingerprint density at radius 2 is 2.14 bits per heavy atom. The summed E-state index contributed by atoms with van der Waals surface area (Å²) in [5.41, 5.74) is 3.49. The van der Waals surface area contributed by atoms with Gasteiger partial charge in [-0.1, -0.05) is 18.6 Å². The second kappa shape index (κ2) is 7.97. The Hall–Kier alpha value is -2.70. The maximum Gasteiger partial charge on any atom is 0.227 e. The number of nitrogens with one attached hydrogen (secondary N) is 2. The Balaban J connectivity index is 1.64. The number of rotatable bonds is 3. The first-order chi connectivity index (χ1) is 13.9. The molecule has 154 valence electrons. The summed E-state index contributed by atoms with van der Waals surface area (Å²) >= 11 is 0. The van der Waals surface area contributed by atoms with Crippen LogP contribution in [0.1, 0.15) is 54.1 Å². The molecule has 6 nitrogen and oxygen atoms in total. The van der Waals surface area contributed by atoms with Gasteiger partial charge in [0.25, 0.3) is 0 Å². The highest BCUT2D eigenvalue weighted by Crippen LogP contribution is 2.36. The van der Waals surface area contributed by atoms with E-state index >= 15 is 0 Å². The molecule has 0 saturated carbocycles. The monoisotopic (exact) mass is 398 g/mol. The fourth-order valence-electron chi connectivity index (χ4n) is 4.78. The third-order valence-electron chi connectivity index (χ3n) is 6.33. The third kappa shape index (κ3) is 3.91. The second-order valence-electron chi connectivity index (χ2n) is 8.20. The highest BCUT2D eigenvalue weighted by molar-refractivity contribution is 5.81. The van der Waals surface area contributed by atoms with Gasteiger partial charge in [0.05, 0.1) is 24.2 Å². The molecule has 2 fully saturated rings. The zero-order valence-electron chi connectivity index (χ0n) is 16.9. The van der Waals surface area contributed by atoms with Gasteiger partial charge in [-0.3, -0.25) is 14.7 Å². The minimum Gasteiger partial charge on any atom is -0.351 e. The van der Waals surface area contributed by atoms with Crippen LogP contribution in [-0.2, 0) is 16.0 Å². The molecular formula is C22H27FN4O2. The average Bonchev–Trinajstić information content (AvgIpc) is 3.18. The Morgan fingerprint density at radius 3 is 2.86 bits per heavy atom. The predicted octanol–water partition coefficient (Wildman–Crippen LogP) is 2.76. The molecule has 2 amide bonds. The number of halogens is 1. The predicted molar refractivity (Wildman–Crippen MR) is 107 cm³/mol. The van der Waals surface area contributed by atoms with Crippen molar-refractivity contribution in [1.82, 2.24) is 20.4 Å². The van der Waals surface area contributed by atoms with Crippen LogP contribution < -0.4 is 5.32 Å². The molecule has 2 aliphatic heterocycles. The molecule has 1 aromatic heterocycles. The maximum absolute atomic E-state index is 13.9. The molecule has 3 heterocycles. The minimum atomic E-state index is -0.300. The fourth-order valence-corrected chi connectivity index (χ4v) is 4.78. The van der Waals surface area contributed by atoms with Gasteiger partial charge in [-0.2, -0.15) is 5.10 Å². The molecule has 7 heteroatoms. The fraction of sp³-hybridized carbons (Fsp3) is 0.500. The van der Waals surface area contributed by atoms with Crippen LogP contribution in [0, 0.1) is 19.7 Å². The van der Waals surface area contributed by atoms with E-state index in [1.165, 1.54) is 12.1 Å². The summed E-state index contributed by atoms with van der Waals surface area (Å²) in [7, 11) is 0. The van der Waals surface area contributed by atoms with Crippen LogP contribution in [0.3, 0.4) is 0 Å². The number of hydrogen-bond donors (Lipinski definition) is 2. The van der Waals surface area contributed by atoms with E-state index < -0.39 is 0 Å². The topological polar surface area (TPSA) is 78.1 Å². The van der Waals surface area contributed by atoms with Crippen LogP contribution >= 0.6 is 0 Å². The first kappa shape index (κ1) is 19.6. The van der Waals surface area contributed by atoms with Crippen molar-refractivity contribution in [2.45, 2.75) is 64.0 Å². The number of carbonyl (C=O) groups excluding carboxylic acids is 2. The summed E-state index contributed by atoms with van der Waals surface area (Å²) in [6.07, 6.45) is 3.34. The lowest BCUT2D eigenvalue weighted by Gasteiger charge is -2.31. The van der Waals surface area contributed by atoms with Crippen LogP contribution in [0.5, 0.6) is 0 Å². The van der Waals surface area contributed by atoms with Gasteiger partial charge in [0, 0.05) is 30.1 Å². The van der Waals surface area contributed by atoms with E-state index in [2.05, 4.69) is 15.5 Å². The molecule has 3 atom stereocenters. The molecule has 2 N–H and O–H groups in total. The number of benzene rings is 1. The van der Waals surface area contributed by atoms with E-state index in [1.54, 1.807) is 6.07 Å². The first-order valence-corrected chi connectivity index (χ1v) is 10.3. The summed E-state index contributed by atoms with van der Waals surface area (Å²) in [5, 5.41) is 10.3. The summed E-state index contributed by atoms with van der Waals surface area (Å²) in [6, 6.07) is 6.24. The van der Waals surface area contributed by atoms with Crippen LogP contribution in [0.2, 0.25) is 0 Å². The van der Waals surface area contributed by atoms with Gasteiger partial charge >= 0.3 is 0 Å². The highest BCUT2D eigenvalue weighted by Gasteiger charge is 2.45. The number of aryl methyl sites for hydroxylation is 2. The summed E-state index contributed by atoms with van der Waals surface area (Å²) in [5.74, 6) is -0.378. The van der Waals surface area contributed by atoms with Gasteiger partial charge in [0.15, 0.2) is 0 Å². The van der Waals surface area contributed by atoms with Crippen molar-refractivity contribution in [3.8, 4) is 0 Å². The zero-order valence-corrected chi connectivity index (χ0v) is 16.9. The molecule has 2 aliphatic rings. The lowest BCUT2D eigenvalue weighted by atomic mass is 9.88. The maximum atomic E-state index is 13.9. The Bertz CT molecular complexity index is 906. The zero-order chi connectivity index (χ0) is 20.5. The third-order valence-corrected chi connectivity index (χ3v) is 6.33. The lowest BCUT2D eigenvalue weighted by Crippen LogP contribution is -2.49. The van der Waals surface area contributed by atoms with Crippen molar-refractivity contribution in [3.63, 3.8) is 0 Å². The number of amides is 2. The first-order valence-electron chi connectivity index (χ1n) is 10.3. The number of nitrogens with zero attached hydrogens (tertiary/aromatic N) is 2. The van der Waals surface area contributed by atoms with Crippen molar-refractivity contribution in [3.05, 3.63) is 52.6 Å². The number of likely N-dealkylation sites (tertiary alicyclic amines) is 1. The Kier molecular flexibility index (Phi) is 5.39. The van der Waals surface area contributed by atoms with Gasteiger partial charge in [-0.25, -0.2) is 4.39 Å². The molecule has 29 heavy (non-hydrogen) atoms. The van der Waals surface area contributed by atoms with Gasteiger partial charge in [0.1, 0.15) is 5.82 Å². The second-order valence-corrected chi connectivity index (χ2v) is 8.20. The average molecular weight is 398 g/mol. The van der Waals surface area contributed by atoms with E-state index in [-0.39, 0.29) is 42.1 Å². The van der Waals surface area contributed by atoms with Crippen LogP contribution in [0.4, 0.5) is 4.39 Å². The highest BCUT2D eigenvalue weighted by atomic mass is 19.1. The van der Waals surface area contributed by atoms with Crippen molar-refractivity contribution in [2.75, 3.05) is 6.54 Å². The SMILES string of the molecule is Cc1n[nH]c(C)c1CC(=O)N1C[C@@H](c2cccc(F)c2)[C@@H]2NC(=O)CCCC[C@H]21. The van der Waals surface area contributed by atoms with Crippen molar-refractivity contribution >= 4 is 11.8 Å². The lowest BCUT2D eigenvalue weighted by molar-refractivity contribution is -0.132. The molecule has 2 aromatic rings. The van der Waals surface area contributed by atoms with Gasteiger partial charge < -0.3 is 10.2 Å². The molecule has 0 radical (unpaired) electrons. The Labute approximate surface area is 169 Å². The quantitative estimate of drug-likeness (QED) is 0.835. The number of H-pyrrole nitrogens is 1. The van der Waals surface area contributed by atoms with Gasteiger partial charge in [-0.05, 0) is 44.4 Å². The molecular weight excluding hydrogens is 371 g/mol. The van der Waals surface area contributed by atoms with E-state index in [0.29, 0.717) is 13.0 Å². The minimum absolute atomic E-state index is 0.0110. The summed E-state index contributed by atoms with van der Waals surface area (Å²) < 4.78 is 13.9. The number of aromatic amines is 1. The molecule has 1 aromatic carbocycles. The van der Waals surface area contributed by atoms with E-state index in [4.69, 9.17) is 0 Å². The van der Waals surface area contributed by atoms with E-state index in [0.717, 1.165) is 41.8 Å². The smallest absolute Gasteiger partial charge is 0.227 e. The number of carbonyl (C=O) groups is 2. The largest absolute Gasteiger partial charge is 0.351 e. The summed E-state index contributed by atoms with van der Waals surface area (Å²) in [4.78, 5) is 27.5. The molecule has 0 unspecified atom stereocenters. The number of aromatic nitrogens is 2. The Morgan fingerprint density at radius 1 is 1.31 bits per heavy atom. The van der Waals surface area contributed by atoms with Crippen molar-refractivity contribution in [1.29, 1.82) is 0 Å². The van der Waals surface area contributed by atoms with Crippen molar-refractivity contribution in [2.24, 2.45) is 0 Å². The van der Waals surface area contributed by atoms with Crippen LogP contribution in [0.15, 0.2) is 24.3 Å². The standard InChI is InChI=1S/C22H27FN4O2/c1-13-17(14(2)26-25-13)11-21(29)27-12-18(15-6-5-7-16(23)10-15)22-19(27)8-3-4-9-20(28)24-22/h5-7,10,18-19,22H,3-4,8-9,11-12H2,1-2H3,(H,24,28)(H,25,26)/t18-,19+,22-/m0/s1. The molecule has 0 bridgehead atoms. The van der Waals surface area contributed by atoms with Crippen LogP contribution in [-0.4, -0.2) is 45.5 Å². The summed E-state index contributed by atoms with van der Waals surface area (Å²) in [6.45, 7) is 4.29. The normalized spacial score (nSPS) is 24.6. The van der Waals surface area contributed by atoms with E-state index in [1.807, 2.05) is 24.8 Å². The van der Waals surface area contributed by atoms with E-state index in [9.17, 15) is 14.0 Å². The number of fused-ring (bicyclic) bond motifs is 1. The van der Waals surface area contributed by atoms with Gasteiger partial charge in [0.2, 0.25) is 11.8 Å². The van der Waals surface area contributed by atoms with Crippen LogP contribution in [0.25, 0.3) is 0 Å².